The number of benzene rings is 2. The minimum absolute atomic E-state index is 0.0215. The average molecular weight is 574 g/mol. The number of hydrogen-bond donors (Lipinski definition) is 1. The second-order valence-corrected chi connectivity index (χ2v) is 13.6. The predicted octanol–water partition coefficient (Wildman–Crippen LogP) is 4.76. The van der Waals surface area contributed by atoms with Crippen molar-refractivity contribution >= 4 is 42.6 Å². The second-order valence-electron chi connectivity index (χ2n) is 10.7. The molecule has 0 saturated carbocycles. The number of ether oxygens (including phenoxy) is 2. The van der Waals surface area contributed by atoms with E-state index in [2.05, 4.69) is 34.8 Å². The fourth-order valence-corrected chi connectivity index (χ4v) is 7.38. The van der Waals surface area contributed by atoms with Gasteiger partial charge in [0.2, 0.25) is 10.0 Å². The highest BCUT2D eigenvalue weighted by Crippen LogP contribution is 2.46. The first kappa shape index (κ1) is 24.2. The van der Waals surface area contributed by atoms with E-state index in [4.69, 9.17) is 9.47 Å². The van der Waals surface area contributed by atoms with Crippen LogP contribution in [-0.2, 0) is 20.2 Å². The van der Waals surface area contributed by atoms with E-state index in [1.165, 1.54) is 10.6 Å². The normalized spacial score (nSPS) is 23.1. The van der Waals surface area contributed by atoms with E-state index in [-0.39, 0.29) is 11.9 Å². The zero-order valence-corrected chi connectivity index (χ0v) is 23.0. The number of aromatic nitrogens is 1. The summed E-state index contributed by atoms with van der Waals surface area (Å²) in [5, 5.41) is 0.933. The van der Waals surface area contributed by atoms with E-state index >= 15 is 0 Å². The molecule has 0 amide bonds. The van der Waals surface area contributed by atoms with Gasteiger partial charge in [-0.2, -0.15) is 0 Å². The molecule has 3 heterocycles. The number of fused-ring (bicyclic) bond motifs is 4. The maximum absolute atomic E-state index is 13.6. The summed E-state index contributed by atoms with van der Waals surface area (Å²) in [6, 6.07) is 11.7. The zero-order chi connectivity index (χ0) is 25.5. The monoisotopic (exact) mass is 572 g/mol. The third-order valence-electron chi connectivity index (χ3n) is 8.19. The van der Waals surface area contributed by atoms with Gasteiger partial charge in [0.1, 0.15) is 17.5 Å². The molecule has 2 saturated heterocycles. The molecule has 1 aliphatic carbocycles. The molecule has 3 aliphatic rings. The van der Waals surface area contributed by atoms with Crippen LogP contribution in [0.1, 0.15) is 60.3 Å². The Kier molecular flexibility index (Phi) is 5.47. The van der Waals surface area contributed by atoms with Crippen LogP contribution in [0.25, 0.3) is 10.9 Å². The number of ketones is 1. The van der Waals surface area contributed by atoms with Crippen molar-refractivity contribution in [1.82, 2.24) is 9.29 Å². The van der Waals surface area contributed by atoms with Crippen LogP contribution in [0.15, 0.2) is 40.9 Å². The van der Waals surface area contributed by atoms with Crippen molar-refractivity contribution in [2.45, 2.75) is 50.2 Å². The molecular formula is C27H29BrN2O5S. The number of halogens is 1. The van der Waals surface area contributed by atoms with Crippen molar-refractivity contribution < 1.29 is 22.7 Å². The quantitative estimate of drug-likeness (QED) is 0.488. The number of carbonyl (C=O) groups is 1. The van der Waals surface area contributed by atoms with Crippen molar-refractivity contribution in [3.8, 4) is 5.75 Å². The summed E-state index contributed by atoms with van der Waals surface area (Å²) in [6.07, 6.45) is 3.04. The minimum Gasteiger partial charge on any atom is -0.487 e. The lowest BCUT2D eigenvalue weighted by Gasteiger charge is -2.41. The van der Waals surface area contributed by atoms with E-state index < -0.39 is 21.0 Å². The average Bonchev–Trinajstić information content (AvgIpc) is 3.39. The van der Waals surface area contributed by atoms with Gasteiger partial charge in [0.15, 0.2) is 5.78 Å². The molecule has 1 N–H and O–H groups in total. The predicted molar refractivity (Wildman–Crippen MR) is 141 cm³/mol. The maximum Gasteiger partial charge on any atom is 0.211 e. The van der Waals surface area contributed by atoms with Gasteiger partial charge in [-0.15, -0.1) is 0 Å². The molecule has 2 aromatic carbocycles. The molecule has 1 spiro atoms. The molecule has 190 valence electrons. The highest BCUT2D eigenvalue weighted by atomic mass is 79.9. The number of nitrogens with one attached hydrogen (secondary N) is 1. The van der Waals surface area contributed by atoms with E-state index in [0.717, 1.165) is 38.6 Å². The molecular weight excluding hydrogens is 544 g/mol. The SMILES string of the molecule is CC1(C)c2cc(OC3CCOC34CCN(S(C)(=O)=O)CC4)ccc2C(=O)c2c1[nH]c1cc(Br)ccc21. The van der Waals surface area contributed by atoms with Crippen LogP contribution in [0, 0.1) is 0 Å². The smallest absolute Gasteiger partial charge is 0.211 e. The largest absolute Gasteiger partial charge is 0.487 e. The number of rotatable bonds is 3. The van der Waals surface area contributed by atoms with Crippen LogP contribution in [0.2, 0.25) is 0 Å². The Morgan fingerprint density at radius 1 is 1.14 bits per heavy atom. The molecule has 7 nitrogen and oxygen atoms in total. The van der Waals surface area contributed by atoms with Gasteiger partial charge in [-0.25, -0.2) is 12.7 Å². The van der Waals surface area contributed by atoms with Crippen LogP contribution >= 0.6 is 15.9 Å². The summed E-state index contributed by atoms with van der Waals surface area (Å²) in [7, 11) is -3.21. The third-order valence-corrected chi connectivity index (χ3v) is 9.99. The van der Waals surface area contributed by atoms with Crippen LogP contribution in [0.5, 0.6) is 5.75 Å². The molecule has 2 fully saturated rings. The van der Waals surface area contributed by atoms with Gasteiger partial charge in [-0.05, 0) is 48.7 Å². The van der Waals surface area contributed by atoms with Gasteiger partial charge in [-0.3, -0.25) is 4.79 Å². The molecule has 36 heavy (non-hydrogen) atoms. The van der Waals surface area contributed by atoms with Crippen molar-refractivity contribution in [1.29, 1.82) is 0 Å². The molecule has 1 atom stereocenters. The first-order valence-electron chi connectivity index (χ1n) is 12.3. The Bertz CT molecular complexity index is 1500. The standard InChI is InChI=1S/C27H29BrN2O5S/c1-26(2)20-15-17(35-22-8-13-34-27(22)9-11-30(12-10-27)36(3,32)33)5-7-18(20)24(31)23-19-6-4-16(28)14-21(19)29-25(23)26/h4-7,14-15,22,29H,8-13H2,1-3H3. The number of piperidine rings is 1. The summed E-state index contributed by atoms with van der Waals surface area (Å²) in [6.45, 7) is 5.72. The van der Waals surface area contributed by atoms with Crippen LogP contribution in [0.3, 0.4) is 0 Å². The fourth-order valence-electron chi connectivity index (χ4n) is 6.17. The van der Waals surface area contributed by atoms with Crippen molar-refractivity contribution in [3.63, 3.8) is 0 Å². The van der Waals surface area contributed by atoms with Crippen molar-refractivity contribution in [2.24, 2.45) is 0 Å². The molecule has 0 radical (unpaired) electrons. The Morgan fingerprint density at radius 3 is 2.61 bits per heavy atom. The van der Waals surface area contributed by atoms with E-state index in [0.29, 0.717) is 43.9 Å². The molecule has 0 bridgehead atoms. The first-order chi connectivity index (χ1) is 17.0. The van der Waals surface area contributed by atoms with Gasteiger partial charge in [0, 0.05) is 51.6 Å². The third kappa shape index (κ3) is 3.66. The minimum atomic E-state index is -3.21. The molecule has 2 aliphatic heterocycles. The van der Waals surface area contributed by atoms with Crippen LogP contribution < -0.4 is 4.74 Å². The number of sulfonamides is 1. The van der Waals surface area contributed by atoms with Gasteiger partial charge >= 0.3 is 0 Å². The number of aromatic amines is 1. The molecule has 1 aromatic heterocycles. The summed E-state index contributed by atoms with van der Waals surface area (Å²) >= 11 is 3.53. The summed E-state index contributed by atoms with van der Waals surface area (Å²) in [4.78, 5) is 17.1. The zero-order valence-electron chi connectivity index (χ0n) is 20.6. The van der Waals surface area contributed by atoms with Gasteiger partial charge in [0.25, 0.3) is 0 Å². The topological polar surface area (TPSA) is 88.7 Å². The molecule has 1 unspecified atom stereocenters. The first-order valence-corrected chi connectivity index (χ1v) is 14.9. The second kappa shape index (κ2) is 8.15. The van der Waals surface area contributed by atoms with Crippen molar-refractivity contribution in [2.75, 3.05) is 26.0 Å². The Hall–Kier alpha value is -2.20. The number of carbonyl (C=O) groups excluding carboxylic acids is 1. The van der Waals surface area contributed by atoms with Crippen LogP contribution in [0.4, 0.5) is 0 Å². The summed E-state index contributed by atoms with van der Waals surface area (Å²) in [5.41, 5.74) is 3.31. The number of H-pyrrole nitrogens is 1. The van der Waals surface area contributed by atoms with E-state index in [1.54, 1.807) is 0 Å². The maximum atomic E-state index is 13.6. The molecule has 9 heteroatoms. The lowest BCUT2D eigenvalue weighted by Crippen LogP contribution is -2.52. The summed E-state index contributed by atoms with van der Waals surface area (Å²) in [5.74, 6) is 0.727. The van der Waals surface area contributed by atoms with Gasteiger partial charge in [0.05, 0.1) is 18.4 Å². The lowest BCUT2D eigenvalue weighted by molar-refractivity contribution is -0.0775. The van der Waals surface area contributed by atoms with E-state index in [9.17, 15) is 13.2 Å². The van der Waals surface area contributed by atoms with Crippen molar-refractivity contribution in [3.05, 3.63) is 63.3 Å². The summed E-state index contributed by atoms with van der Waals surface area (Å²) < 4.78 is 39.1. The lowest BCUT2D eigenvalue weighted by atomic mass is 9.71. The van der Waals surface area contributed by atoms with Crippen LogP contribution in [-0.4, -0.2) is 61.1 Å². The van der Waals surface area contributed by atoms with E-state index in [1.807, 2.05) is 36.4 Å². The Morgan fingerprint density at radius 2 is 1.89 bits per heavy atom. The number of hydrogen-bond acceptors (Lipinski definition) is 5. The van der Waals surface area contributed by atoms with Gasteiger partial charge in [-0.1, -0.05) is 35.8 Å². The molecule has 3 aromatic rings. The highest BCUT2D eigenvalue weighted by molar-refractivity contribution is 9.10. The molecule has 6 rings (SSSR count). The number of nitrogens with zero attached hydrogens (tertiary/aromatic N) is 1. The Labute approximate surface area is 219 Å². The van der Waals surface area contributed by atoms with Gasteiger partial charge < -0.3 is 14.5 Å². The Balaban J connectivity index is 1.32. The highest BCUT2D eigenvalue weighted by Gasteiger charge is 2.49. The fraction of sp³-hybridized carbons (Fsp3) is 0.444.